The normalized spacial score (nSPS) is 11.1. The van der Waals surface area contributed by atoms with E-state index < -0.39 is 0 Å². The summed E-state index contributed by atoms with van der Waals surface area (Å²) in [7, 11) is 1.60. The van der Waals surface area contributed by atoms with Gasteiger partial charge in [-0.3, -0.25) is 9.78 Å². The fourth-order valence-corrected chi connectivity index (χ4v) is 2.59. The van der Waals surface area contributed by atoms with Crippen molar-refractivity contribution in [3.05, 3.63) is 50.5 Å². The van der Waals surface area contributed by atoms with Gasteiger partial charge < -0.3 is 14.6 Å². The zero-order valence-electron chi connectivity index (χ0n) is 12.8. The van der Waals surface area contributed by atoms with Crippen molar-refractivity contribution in [1.29, 1.82) is 0 Å². The average molecular weight is 368 g/mol. The third-order valence-corrected chi connectivity index (χ3v) is 4.20. The fraction of sp³-hybridized carbons (Fsp3) is 0.267. The number of H-pyrrole nitrogens is 1. The van der Waals surface area contributed by atoms with Gasteiger partial charge >= 0.3 is 0 Å². The molecule has 0 aliphatic carbocycles. The van der Waals surface area contributed by atoms with Gasteiger partial charge in [-0.25, -0.2) is 4.98 Å². The number of hydrogen-bond donors (Lipinski definition) is 2. The summed E-state index contributed by atoms with van der Waals surface area (Å²) in [5, 5.41) is 4.02. The molecule has 0 unspecified atom stereocenters. The molecule has 2 aromatic heterocycles. The number of rotatable bonds is 6. The molecule has 0 aliphatic heterocycles. The van der Waals surface area contributed by atoms with E-state index in [-0.39, 0.29) is 5.56 Å². The molecule has 2 N–H and O–H groups in total. The SMILES string of the molecule is COCCn1cnc2nc(NCc3ccc(Cl)c(Cl)c3)[nH]c(=O)c21. The average Bonchev–Trinajstić information content (AvgIpc) is 2.97. The molecule has 0 amide bonds. The van der Waals surface area contributed by atoms with Crippen molar-refractivity contribution in [2.45, 2.75) is 13.1 Å². The van der Waals surface area contributed by atoms with E-state index in [4.69, 9.17) is 27.9 Å². The predicted molar refractivity (Wildman–Crippen MR) is 93.8 cm³/mol. The Kier molecular flexibility index (Phi) is 5.03. The molecule has 0 spiro atoms. The van der Waals surface area contributed by atoms with Crippen molar-refractivity contribution in [2.24, 2.45) is 0 Å². The van der Waals surface area contributed by atoms with Gasteiger partial charge in [-0.05, 0) is 17.7 Å². The summed E-state index contributed by atoms with van der Waals surface area (Å²) in [6.07, 6.45) is 1.58. The lowest BCUT2D eigenvalue weighted by Crippen LogP contribution is -2.16. The van der Waals surface area contributed by atoms with Crippen molar-refractivity contribution >= 4 is 40.3 Å². The summed E-state index contributed by atoms with van der Waals surface area (Å²) >= 11 is 11.9. The summed E-state index contributed by atoms with van der Waals surface area (Å²) in [5.41, 5.74) is 1.46. The molecule has 0 fully saturated rings. The molecule has 3 aromatic rings. The maximum absolute atomic E-state index is 12.3. The van der Waals surface area contributed by atoms with Crippen LogP contribution in [0.5, 0.6) is 0 Å². The Morgan fingerprint density at radius 1 is 1.33 bits per heavy atom. The highest BCUT2D eigenvalue weighted by Crippen LogP contribution is 2.22. The zero-order chi connectivity index (χ0) is 17.1. The monoisotopic (exact) mass is 367 g/mol. The van der Waals surface area contributed by atoms with Crippen LogP contribution in [0.15, 0.2) is 29.3 Å². The number of nitrogens with zero attached hydrogens (tertiary/aromatic N) is 3. The van der Waals surface area contributed by atoms with E-state index in [2.05, 4.69) is 20.3 Å². The number of fused-ring (bicyclic) bond motifs is 1. The minimum atomic E-state index is -0.259. The van der Waals surface area contributed by atoms with E-state index in [0.717, 1.165) is 5.56 Å². The van der Waals surface area contributed by atoms with Crippen molar-refractivity contribution in [3.63, 3.8) is 0 Å². The number of halogens is 2. The van der Waals surface area contributed by atoms with E-state index in [1.807, 2.05) is 6.07 Å². The Labute approximate surface area is 147 Å². The standard InChI is InChI=1S/C15H15Cl2N5O2/c1-24-5-4-22-8-19-13-12(22)14(23)21-15(20-13)18-7-9-2-3-10(16)11(17)6-9/h2-3,6,8H,4-5,7H2,1H3,(H2,18,20,21,23). The number of anilines is 1. The van der Waals surface area contributed by atoms with Gasteiger partial charge in [0.25, 0.3) is 5.56 Å². The lowest BCUT2D eigenvalue weighted by Gasteiger charge is -2.07. The van der Waals surface area contributed by atoms with Gasteiger partial charge in [0.1, 0.15) is 0 Å². The van der Waals surface area contributed by atoms with Crippen LogP contribution >= 0.6 is 23.2 Å². The number of aromatic amines is 1. The Hall–Kier alpha value is -2.09. The zero-order valence-corrected chi connectivity index (χ0v) is 14.4. The molecule has 7 nitrogen and oxygen atoms in total. The van der Waals surface area contributed by atoms with Crippen LogP contribution in [-0.4, -0.2) is 33.2 Å². The van der Waals surface area contributed by atoms with Gasteiger partial charge in [-0.2, -0.15) is 4.98 Å². The minimum Gasteiger partial charge on any atom is -0.383 e. The fourth-order valence-electron chi connectivity index (χ4n) is 2.26. The third-order valence-electron chi connectivity index (χ3n) is 3.46. The summed E-state index contributed by atoms with van der Waals surface area (Å²) in [6.45, 7) is 1.46. The molecule has 0 atom stereocenters. The van der Waals surface area contributed by atoms with E-state index in [9.17, 15) is 4.79 Å². The van der Waals surface area contributed by atoms with Crippen molar-refractivity contribution in [2.75, 3.05) is 19.0 Å². The highest BCUT2D eigenvalue weighted by atomic mass is 35.5. The topological polar surface area (TPSA) is 84.8 Å². The maximum atomic E-state index is 12.3. The molecule has 0 aliphatic rings. The van der Waals surface area contributed by atoms with Crippen LogP contribution in [0, 0.1) is 0 Å². The maximum Gasteiger partial charge on any atom is 0.278 e. The van der Waals surface area contributed by atoms with Crippen LogP contribution in [0.3, 0.4) is 0 Å². The van der Waals surface area contributed by atoms with E-state index >= 15 is 0 Å². The van der Waals surface area contributed by atoms with Crippen LogP contribution < -0.4 is 10.9 Å². The van der Waals surface area contributed by atoms with Gasteiger partial charge in [-0.15, -0.1) is 0 Å². The lowest BCUT2D eigenvalue weighted by molar-refractivity contribution is 0.188. The summed E-state index contributed by atoms with van der Waals surface area (Å²) in [4.78, 5) is 23.5. The molecule has 2 heterocycles. The van der Waals surface area contributed by atoms with Gasteiger partial charge in [0, 0.05) is 20.2 Å². The van der Waals surface area contributed by atoms with Crippen LogP contribution in [-0.2, 0) is 17.8 Å². The van der Waals surface area contributed by atoms with E-state index in [0.29, 0.717) is 46.9 Å². The first-order chi connectivity index (χ1) is 11.6. The van der Waals surface area contributed by atoms with Gasteiger partial charge in [0.05, 0.1) is 23.0 Å². The number of benzene rings is 1. The Morgan fingerprint density at radius 3 is 2.92 bits per heavy atom. The van der Waals surface area contributed by atoms with Gasteiger partial charge in [-0.1, -0.05) is 29.3 Å². The molecule has 0 radical (unpaired) electrons. The highest BCUT2D eigenvalue weighted by Gasteiger charge is 2.10. The summed E-state index contributed by atoms with van der Waals surface area (Å²) in [6, 6.07) is 5.32. The lowest BCUT2D eigenvalue weighted by atomic mass is 10.2. The first-order valence-corrected chi connectivity index (χ1v) is 7.96. The van der Waals surface area contributed by atoms with E-state index in [1.54, 1.807) is 30.1 Å². The minimum absolute atomic E-state index is 0.259. The Balaban J connectivity index is 1.80. The number of hydrogen-bond acceptors (Lipinski definition) is 5. The third kappa shape index (κ3) is 3.53. The second-order valence-corrected chi connectivity index (χ2v) is 5.93. The first-order valence-electron chi connectivity index (χ1n) is 7.20. The largest absolute Gasteiger partial charge is 0.383 e. The second kappa shape index (κ2) is 7.21. The number of aromatic nitrogens is 4. The molecule has 9 heteroatoms. The smallest absolute Gasteiger partial charge is 0.278 e. The molecular formula is C15H15Cl2N5O2. The number of imidazole rings is 1. The van der Waals surface area contributed by atoms with Gasteiger partial charge in [0.2, 0.25) is 5.95 Å². The summed E-state index contributed by atoms with van der Waals surface area (Å²) in [5.74, 6) is 0.343. The quantitative estimate of drug-likeness (QED) is 0.699. The van der Waals surface area contributed by atoms with Crippen LogP contribution in [0.2, 0.25) is 10.0 Å². The number of ether oxygens (including phenoxy) is 1. The van der Waals surface area contributed by atoms with Gasteiger partial charge in [0.15, 0.2) is 11.2 Å². The van der Waals surface area contributed by atoms with Crippen LogP contribution in [0.25, 0.3) is 11.2 Å². The number of methoxy groups -OCH3 is 1. The molecule has 3 rings (SSSR count). The van der Waals surface area contributed by atoms with Crippen molar-refractivity contribution in [1.82, 2.24) is 19.5 Å². The Morgan fingerprint density at radius 2 is 2.17 bits per heavy atom. The molecule has 0 saturated carbocycles. The second-order valence-electron chi connectivity index (χ2n) is 5.12. The molecular weight excluding hydrogens is 353 g/mol. The first kappa shape index (κ1) is 16.8. The van der Waals surface area contributed by atoms with Crippen LogP contribution in [0.1, 0.15) is 5.56 Å². The molecule has 24 heavy (non-hydrogen) atoms. The van der Waals surface area contributed by atoms with Crippen LogP contribution in [0.4, 0.5) is 5.95 Å². The summed E-state index contributed by atoms with van der Waals surface area (Å²) < 4.78 is 6.74. The molecule has 0 saturated heterocycles. The highest BCUT2D eigenvalue weighted by molar-refractivity contribution is 6.42. The van der Waals surface area contributed by atoms with E-state index in [1.165, 1.54) is 0 Å². The Bertz CT molecular complexity index is 922. The molecule has 0 bridgehead atoms. The molecule has 126 valence electrons. The molecule has 1 aromatic carbocycles. The predicted octanol–water partition coefficient (Wildman–Crippen LogP) is 2.68. The van der Waals surface area contributed by atoms with Crippen molar-refractivity contribution < 1.29 is 4.74 Å². The number of nitrogens with one attached hydrogen (secondary N) is 2. The van der Waals surface area contributed by atoms with Crippen molar-refractivity contribution in [3.8, 4) is 0 Å².